The summed E-state index contributed by atoms with van der Waals surface area (Å²) < 4.78 is 16.8. The van der Waals surface area contributed by atoms with Crippen molar-refractivity contribution in [3.05, 3.63) is 24.3 Å². The van der Waals surface area contributed by atoms with Gasteiger partial charge in [-0.05, 0) is 44.9 Å². The second kappa shape index (κ2) is 52.5. The molecule has 0 spiro atoms. The summed E-state index contributed by atoms with van der Waals surface area (Å²) in [4.78, 5) is 38.0. The highest BCUT2D eigenvalue weighted by atomic mass is 16.6. The number of rotatable bonds is 51. The van der Waals surface area contributed by atoms with E-state index in [0.717, 1.165) is 70.6 Å². The molecule has 0 aliphatic carbocycles. The van der Waals surface area contributed by atoms with Gasteiger partial charge in [0.2, 0.25) is 0 Å². The second-order valence-corrected chi connectivity index (χ2v) is 18.9. The average Bonchev–Trinajstić information content (AvgIpc) is 3.28. The van der Waals surface area contributed by atoms with Crippen LogP contribution in [0.5, 0.6) is 0 Å². The SMILES string of the molecule is CCCCCCCCC/C=C\C=C/CCCCCC(=O)OC(COC(=O)CCCCCCCCCCCC)COC(=O)CCCCCCCCCCCCCCCCCCCCC. The van der Waals surface area contributed by atoms with Crippen LogP contribution in [0.1, 0.15) is 303 Å². The quantitative estimate of drug-likeness (QED) is 0.0262. The summed E-state index contributed by atoms with van der Waals surface area (Å²) in [5.41, 5.74) is 0. The van der Waals surface area contributed by atoms with Gasteiger partial charge < -0.3 is 14.2 Å². The Morgan fingerprint density at radius 3 is 0.857 bits per heavy atom. The maximum atomic E-state index is 12.8. The lowest BCUT2D eigenvalue weighted by molar-refractivity contribution is -0.167. The lowest BCUT2D eigenvalue weighted by Gasteiger charge is -2.18. The van der Waals surface area contributed by atoms with Gasteiger partial charge in [0.05, 0.1) is 0 Å². The highest BCUT2D eigenvalue weighted by Gasteiger charge is 2.19. The van der Waals surface area contributed by atoms with Gasteiger partial charge >= 0.3 is 17.9 Å². The van der Waals surface area contributed by atoms with Gasteiger partial charge in [0.1, 0.15) is 13.2 Å². The zero-order valence-electron chi connectivity index (χ0n) is 42.4. The Hall–Kier alpha value is -2.11. The number of carbonyl (C=O) groups is 3. The Labute approximate surface area is 392 Å². The molecule has 1 unspecified atom stereocenters. The minimum absolute atomic E-state index is 0.0769. The molecular formula is C57H106O6. The molecule has 0 saturated heterocycles. The summed E-state index contributed by atoms with van der Waals surface area (Å²) in [6.07, 6.45) is 60.3. The minimum Gasteiger partial charge on any atom is -0.462 e. The van der Waals surface area contributed by atoms with Gasteiger partial charge in [0.15, 0.2) is 6.10 Å². The molecule has 0 aromatic carbocycles. The average molecular weight is 887 g/mol. The molecule has 0 heterocycles. The highest BCUT2D eigenvalue weighted by Crippen LogP contribution is 2.17. The van der Waals surface area contributed by atoms with Gasteiger partial charge in [-0.25, -0.2) is 0 Å². The van der Waals surface area contributed by atoms with Crippen LogP contribution in [0.3, 0.4) is 0 Å². The van der Waals surface area contributed by atoms with E-state index in [1.165, 1.54) is 193 Å². The molecule has 0 N–H and O–H groups in total. The van der Waals surface area contributed by atoms with Crippen LogP contribution < -0.4 is 0 Å². The summed E-state index contributed by atoms with van der Waals surface area (Å²) >= 11 is 0. The van der Waals surface area contributed by atoms with E-state index in [2.05, 4.69) is 45.1 Å². The van der Waals surface area contributed by atoms with Gasteiger partial charge in [-0.3, -0.25) is 14.4 Å². The first kappa shape index (κ1) is 60.9. The third-order valence-electron chi connectivity index (χ3n) is 12.5. The van der Waals surface area contributed by atoms with E-state index >= 15 is 0 Å². The topological polar surface area (TPSA) is 78.9 Å². The fraction of sp³-hybridized carbons (Fsp3) is 0.877. The van der Waals surface area contributed by atoms with Crippen molar-refractivity contribution in [3.63, 3.8) is 0 Å². The fourth-order valence-corrected chi connectivity index (χ4v) is 8.26. The van der Waals surface area contributed by atoms with Crippen LogP contribution >= 0.6 is 0 Å². The van der Waals surface area contributed by atoms with Crippen molar-refractivity contribution in [3.8, 4) is 0 Å². The van der Waals surface area contributed by atoms with Crippen molar-refractivity contribution in [2.24, 2.45) is 0 Å². The fourth-order valence-electron chi connectivity index (χ4n) is 8.26. The molecule has 0 amide bonds. The van der Waals surface area contributed by atoms with Crippen molar-refractivity contribution in [2.45, 2.75) is 309 Å². The maximum Gasteiger partial charge on any atom is 0.306 e. The molecule has 0 rings (SSSR count). The molecule has 0 bridgehead atoms. The molecule has 0 aliphatic heterocycles. The Balaban J connectivity index is 4.30. The van der Waals surface area contributed by atoms with Gasteiger partial charge in [0, 0.05) is 19.3 Å². The summed E-state index contributed by atoms with van der Waals surface area (Å²) in [6.45, 7) is 6.64. The monoisotopic (exact) mass is 887 g/mol. The van der Waals surface area contributed by atoms with Crippen LogP contribution in [0.4, 0.5) is 0 Å². The molecular weight excluding hydrogens is 781 g/mol. The first-order chi connectivity index (χ1) is 31.0. The zero-order chi connectivity index (χ0) is 45.8. The number of allylic oxidation sites excluding steroid dienone is 4. The summed E-state index contributed by atoms with van der Waals surface area (Å²) in [5, 5.41) is 0. The van der Waals surface area contributed by atoms with Crippen LogP contribution in [0.2, 0.25) is 0 Å². The van der Waals surface area contributed by atoms with Gasteiger partial charge in [-0.1, -0.05) is 263 Å². The molecule has 0 aliphatic rings. The standard InChI is InChI=1S/C57H106O6/c1-4-7-10-13-16-19-22-24-26-28-29-30-32-33-35-38-41-44-47-50-56(59)62-53-54(52-61-55(58)49-46-43-40-37-21-18-15-12-9-6-3)63-57(60)51-48-45-42-39-36-34-31-27-25-23-20-17-14-11-8-5-2/h27,31,34,36,54H,4-26,28-30,32-33,35,37-53H2,1-3H3/b31-27-,36-34-. The first-order valence-electron chi connectivity index (χ1n) is 27.9. The van der Waals surface area contributed by atoms with E-state index in [1.807, 2.05) is 0 Å². The summed E-state index contributed by atoms with van der Waals surface area (Å²) in [5.74, 6) is -0.887. The van der Waals surface area contributed by atoms with Crippen LogP contribution in [0.25, 0.3) is 0 Å². The second-order valence-electron chi connectivity index (χ2n) is 18.9. The lowest BCUT2D eigenvalue weighted by Crippen LogP contribution is -2.30. The van der Waals surface area contributed by atoms with Crippen molar-refractivity contribution in [1.29, 1.82) is 0 Å². The van der Waals surface area contributed by atoms with E-state index in [4.69, 9.17) is 14.2 Å². The van der Waals surface area contributed by atoms with Crippen LogP contribution in [-0.4, -0.2) is 37.2 Å². The summed E-state index contributed by atoms with van der Waals surface area (Å²) in [7, 11) is 0. The molecule has 0 fully saturated rings. The zero-order valence-corrected chi connectivity index (χ0v) is 42.4. The Morgan fingerprint density at radius 2 is 0.556 bits per heavy atom. The first-order valence-corrected chi connectivity index (χ1v) is 27.9. The van der Waals surface area contributed by atoms with E-state index in [9.17, 15) is 14.4 Å². The van der Waals surface area contributed by atoms with E-state index in [0.29, 0.717) is 19.3 Å². The number of hydrogen-bond donors (Lipinski definition) is 0. The highest BCUT2D eigenvalue weighted by molar-refractivity contribution is 5.71. The van der Waals surface area contributed by atoms with Gasteiger partial charge in [-0.15, -0.1) is 0 Å². The molecule has 0 radical (unpaired) electrons. The number of carbonyl (C=O) groups excluding carboxylic acids is 3. The number of esters is 3. The van der Waals surface area contributed by atoms with Crippen molar-refractivity contribution < 1.29 is 28.6 Å². The normalized spacial score (nSPS) is 12.1. The summed E-state index contributed by atoms with van der Waals surface area (Å²) in [6, 6.07) is 0. The van der Waals surface area contributed by atoms with Crippen molar-refractivity contribution >= 4 is 17.9 Å². The molecule has 0 aromatic heterocycles. The van der Waals surface area contributed by atoms with Crippen molar-refractivity contribution in [2.75, 3.05) is 13.2 Å². The lowest BCUT2D eigenvalue weighted by atomic mass is 10.0. The van der Waals surface area contributed by atoms with E-state index < -0.39 is 6.10 Å². The molecule has 370 valence electrons. The predicted octanol–water partition coefficient (Wildman–Crippen LogP) is 18.3. The Kier molecular flexibility index (Phi) is 50.8. The molecule has 6 heteroatoms. The molecule has 0 aromatic rings. The van der Waals surface area contributed by atoms with Gasteiger partial charge in [0.25, 0.3) is 0 Å². The Bertz CT molecular complexity index is 1020. The smallest absolute Gasteiger partial charge is 0.306 e. The largest absolute Gasteiger partial charge is 0.462 e. The van der Waals surface area contributed by atoms with E-state index in [-0.39, 0.29) is 31.1 Å². The van der Waals surface area contributed by atoms with Crippen LogP contribution in [0.15, 0.2) is 24.3 Å². The minimum atomic E-state index is -0.779. The number of ether oxygens (including phenoxy) is 3. The number of unbranched alkanes of at least 4 members (excludes halogenated alkanes) is 37. The van der Waals surface area contributed by atoms with Crippen LogP contribution in [0, 0.1) is 0 Å². The van der Waals surface area contributed by atoms with E-state index in [1.54, 1.807) is 0 Å². The predicted molar refractivity (Wildman–Crippen MR) is 270 cm³/mol. The molecule has 6 nitrogen and oxygen atoms in total. The molecule has 63 heavy (non-hydrogen) atoms. The van der Waals surface area contributed by atoms with Crippen LogP contribution in [-0.2, 0) is 28.6 Å². The third-order valence-corrected chi connectivity index (χ3v) is 12.5. The maximum absolute atomic E-state index is 12.8. The van der Waals surface area contributed by atoms with Gasteiger partial charge in [-0.2, -0.15) is 0 Å². The Morgan fingerprint density at radius 1 is 0.317 bits per heavy atom. The number of hydrogen-bond acceptors (Lipinski definition) is 6. The molecule has 0 saturated carbocycles. The van der Waals surface area contributed by atoms with Crippen molar-refractivity contribution in [1.82, 2.24) is 0 Å². The molecule has 1 atom stereocenters. The third kappa shape index (κ3) is 50.7.